The van der Waals surface area contributed by atoms with Crippen molar-refractivity contribution < 1.29 is 9.90 Å². The first kappa shape index (κ1) is 11.9. The van der Waals surface area contributed by atoms with E-state index in [-0.39, 0.29) is 11.7 Å². The van der Waals surface area contributed by atoms with Gasteiger partial charge in [-0.3, -0.25) is 4.79 Å². The van der Waals surface area contributed by atoms with E-state index in [2.05, 4.69) is 10.6 Å². The predicted molar refractivity (Wildman–Crippen MR) is 67.2 cm³/mol. The molecule has 0 atom stereocenters. The van der Waals surface area contributed by atoms with E-state index >= 15 is 0 Å². The Kier molecular flexibility index (Phi) is 3.33. The summed E-state index contributed by atoms with van der Waals surface area (Å²) < 4.78 is 0. The number of aryl methyl sites for hydroxylation is 2. The second-order valence-electron chi connectivity index (χ2n) is 4.73. The molecule has 0 spiro atoms. The summed E-state index contributed by atoms with van der Waals surface area (Å²) in [6.07, 6.45) is 0.562. The number of anilines is 1. The van der Waals surface area contributed by atoms with Crippen LogP contribution in [-0.4, -0.2) is 24.1 Å². The van der Waals surface area contributed by atoms with Gasteiger partial charge in [0, 0.05) is 12.1 Å². The summed E-state index contributed by atoms with van der Waals surface area (Å²) >= 11 is 0. The van der Waals surface area contributed by atoms with Crippen molar-refractivity contribution in [1.82, 2.24) is 5.32 Å². The molecule has 2 rings (SSSR count). The first-order valence-corrected chi connectivity index (χ1v) is 5.87. The van der Waals surface area contributed by atoms with Gasteiger partial charge < -0.3 is 15.7 Å². The van der Waals surface area contributed by atoms with Crippen LogP contribution in [0.5, 0.6) is 5.75 Å². The van der Waals surface area contributed by atoms with E-state index in [1.54, 1.807) is 6.07 Å². The highest BCUT2D eigenvalue weighted by Gasteiger charge is 2.20. The monoisotopic (exact) mass is 234 g/mol. The molecule has 3 N–H and O–H groups in total. The van der Waals surface area contributed by atoms with Gasteiger partial charge in [0.2, 0.25) is 5.91 Å². The maximum Gasteiger partial charge on any atom is 0.224 e. The Morgan fingerprint density at radius 1 is 1.41 bits per heavy atom. The molecule has 1 fully saturated rings. The van der Waals surface area contributed by atoms with Crippen molar-refractivity contribution in [2.45, 2.75) is 20.3 Å². The van der Waals surface area contributed by atoms with Gasteiger partial charge in [-0.1, -0.05) is 0 Å². The summed E-state index contributed by atoms with van der Waals surface area (Å²) in [6.45, 7) is 5.56. The van der Waals surface area contributed by atoms with E-state index < -0.39 is 0 Å². The Balaban J connectivity index is 2.02. The lowest BCUT2D eigenvalue weighted by Gasteiger charge is -2.26. The molecule has 1 heterocycles. The van der Waals surface area contributed by atoms with Gasteiger partial charge in [0.25, 0.3) is 0 Å². The van der Waals surface area contributed by atoms with Gasteiger partial charge in [0.1, 0.15) is 5.75 Å². The maximum absolute atomic E-state index is 11.8. The number of nitrogens with one attached hydrogen (secondary N) is 2. The van der Waals surface area contributed by atoms with Gasteiger partial charge in [0.05, 0.1) is 0 Å². The highest BCUT2D eigenvalue weighted by Crippen LogP contribution is 2.25. The van der Waals surface area contributed by atoms with Crippen molar-refractivity contribution in [3.05, 3.63) is 23.3 Å². The van der Waals surface area contributed by atoms with Gasteiger partial charge in [-0.15, -0.1) is 0 Å². The Labute approximate surface area is 101 Å². The second-order valence-corrected chi connectivity index (χ2v) is 4.73. The van der Waals surface area contributed by atoms with E-state index in [9.17, 15) is 9.90 Å². The minimum Gasteiger partial charge on any atom is -0.508 e. The van der Waals surface area contributed by atoms with E-state index in [4.69, 9.17) is 0 Å². The lowest BCUT2D eigenvalue weighted by molar-refractivity contribution is -0.117. The molecule has 1 saturated heterocycles. The van der Waals surface area contributed by atoms with Crippen LogP contribution < -0.4 is 10.6 Å². The molecule has 17 heavy (non-hydrogen) atoms. The largest absolute Gasteiger partial charge is 0.508 e. The van der Waals surface area contributed by atoms with Crippen LogP contribution in [0.1, 0.15) is 17.5 Å². The molecule has 92 valence electrons. The quantitative estimate of drug-likeness (QED) is 0.695. The van der Waals surface area contributed by atoms with Crippen molar-refractivity contribution in [2.75, 3.05) is 18.4 Å². The average molecular weight is 234 g/mol. The molecule has 0 unspecified atom stereocenters. The van der Waals surface area contributed by atoms with Crippen molar-refractivity contribution in [1.29, 1.82) is 0 Å². The van der Waals surface area contributed by atoms with Gasteiger partial charge >= 0.3 is 0 Å². The molecule has 0 bridgehead atoms. The molecule has 4 nitrogen and oxygen atoms in total. The average Bonchev–Trinajstić information content (AvgIpc) is 2.20. The number of benzene rings is 1. The molecule has 1 aliphatic rings. The standard InChI is InChI=1S/C13H18N2O2/c1-8-4-12(16)9(2)3-11(8)15-13(17)5-10-6-14-7-10/h3-4,10,14,16H,5-7H2,1-2H3,(H,15,17). The van der Waals surface area contributed by atoms with Crippen LogP contribution in [-0.2, 0) is 4.79 Å². The van der Waals surface area contributed by atoms with Crippen LogP contribution in [0.3, 0.4) is 0 Å². The van der Waals surface area contributed by atoms with E-state index in [1.807, 2.05) is 19.9 Å². The number of phenolic OH excluding ortho intramolecular Hbond substituents is 1. The van der Waals surface area contributed by atoms with Gasteiger partial charge in [0.15, 0.2) is 0 Å². The zero-order valence-corrected chi connectivity index (χ0v) is 10.2. The zero-order valence-electron chi connectivity index (χ0n) is 10.2. The molecule has 0 aliphatic carbocycles. The van der Waals surface area contributed by atoms with Crippen LogP contribution in [0.15, 0.2) is 12.1 Å². The third kappa shape index (κ3) is 2.77. The summed E-state index contributed by atoms with van der Waals surface area (Å²) in [5.74, 6) is 0.780. The van der Waals surface area contributed by atoms with Crippen molar-refractivity contribution in [3.8, 4) is 5.75 Å². The Morgan fingerprint density at radius 3 is 2.71 bits per heavy atom. The third-order valence-electron chi connectivity index (χ3n) is 3.16. The Hall–Kier alpha value is -1.55. The predicted octanol–water partition coefficient (Wildman–Crippen LogP) is 1.56. The molecule has 1 aliphatic heterocycles. The number of hydrogen-bond acceptors (Lipinski definition) is 3. The topological polar surface area (TPSA) is 61.4 Å². The zero-order chi connectivity index (χ0) is 12.4. The van der Waals surface area contributed by atoms with Gasteiger partial charge in [-0.25, -0.2) is 0 Å². The first-order chi connectivity index (χ1) is 8.06. The maximum atomic E-state index is 11.8. The molecule has 0 saturated carbocycles. The van der Waals surface area contributed by atoms with Crippen LogP contribution in [0.2, 0.25) is 0 Å². The van der Waals surface area contributed by atoms with Crippen LogP contribution in [0, 0.1) is 19.8 Å². The number of carbonyl (C=O) groups is 1. The van der Waals surface area contributed by atoms with E-state index in [0.29, 0.717) is 12.3 Å². The summed E-state index contributed by atoms with van der Waals surface area (Å²) in [7, 11) is 0. The molecule has 1 aromatic rings. The van der Waals surface area contributed by atoms with E-state index in [1.165, 1.54) is 0 Å². The fraction of sp³-hybridized carbons (Fsp3) is 0.462. The first-order valence-electron chi connectivity index (χ1n) is 5.87. The molecule has 0 aromatic heterocycles. The molecule has 4 heteroatoms. The Morgan fingerprint density at radius 2 is 2.12 bits per heavy atom. The lowest BCUT2D eigenvalue weighted by Crippen LogP contribution is -2.43. The highest BCUT2D eigenvalue weighted by atomic mass is 16.3. The second kappa shape index (κ2) is 4.75. The number of hydrogen-bond donors (Lipinski definition) is 3. The van der Waals surface area contributed by atoms with Crippen LogP contribution in [0.4, 0.5) is 5.69 Å². The van der Waals surface area contributed by atoms with Crippen molar-refractivity contribution >= 4 is 11.6 Å². The van der Waals surface area contributed by atoms with Crippen LogP contribution in [0.25, 0.3) is 0 Å². The third-order valence-corrected chi connectivity index (χ3v) is 3.16. The number of rotatable bonds is 3. The van der Waals surface area contributed by atoms with Crippen molar-refractivity contribution in [3.63, 3.8) is 0 Å². The minimum absolute atomic E-state index is 0.0460. The normalized spacial score (nSPS) is 15.4. The number of aromatic hydroxyl groups is 1. The summed E-state index contributed by atoms with van der Waals surface area (Å²) in [6, 6.07) is 3.48. The SMILES string of the molecule is Cc1cc(NC(=O)CC2CNC2)c(C)cc1O. The number of carbonyl (C=O) groups excluding carboxylic acids is 1. The van der Waals surface area contributed by atoms with Gasteiger partial charge in [-0.2, -0.15) is 0 Å². The number of phenols is 1. The summed E-state index contributed by atoms with van der Waals surface area (Å²) in [5.41, 5.74) is 2.45. The van der Waals surface area contributed by atoms with Crippen LogP contribution >= 0.6 is 0 Å². The smallest absolute Gasteiger partial charge is 0.224 e. The molecule has 0 radical (unpaired) electrons. The lowest BCUT2D eigenvalue weighted by atomic mass is 9.99. The molecular formula is C13H18N2O2. The number of amides is 1. The van der Waals surface area contributed by atoms with E-state index in [0.717, 1.165) is 29.9 Å². The Bertz CT molecular complexity index is 439. The van der Waals surface area contributed by atoms with Crippen molar-refractivity contribution in [2.24, 2.45) is 5.92 Å². The highest BCUT2D eigenvalue weighted by molar-refractivity contribution is 5.92. The molecule has 1 amide bonds. The summed E-state index contributed by atoms with van der Waals surface area (Å²) in [4.78, 5) is 11.8. The fourth-order valence-electron chi connectivity index (χ4n) is 1.89. The minimum atomic E-state index is 0.0460. The summed E-state index contributed by atoms with van der Waals surface area (Å²) in [5, 5.41) is 15.6. The molecular weight excluding hydrogens is 216 g/mol. The molecule has 1 aromatic carbocycles. The fourth-order valence-corrected chi connectivity index (χ4v) is 1.89. The van der Waals surface area contributed by atoms with Gasteiger partial charge in [-0.05, 0) is 56.1 Å².